The van der Waals surface area contributed by atoms with E-state index in [1.165, 1.54) is 22.3 Å². The molecule has 1 unspecified atom stereocenters. The number of nitrogens with zero attached hydrogens (tertiary/aromatic N) is 1. The molecular weight excluding hydrogens is 318 g/mol. The van der Waals surface area contributed by atoms with E-state index in [4.69, 9.17) is 0 Å². The molecule has 2 nitrogen and oxygen atoms in total. The van der Waals surface area contributed by atoms with Crippen molar-refractivity contribution in [3.63, 3.8) is 0 Å². The first-order valence-corrected chi connectivity index (χ1v) is 9.99. The first-order chi connectivity index (χ1) is 12.4. The summed E-state index contributed by atoms with van der Waals surface area (Å²) in [6.45, 7) is 9.79. The van der Waals surface area contributed by atoms with Gasteiger partial charge in [0.25, 0.3) is 0 Å². The summed E-state index contributed by atoms with van der Waals surface area (Å²) in [4.78, 5) is 2.54. The molecule has 0 amide bonds. The third-order valence-electron chi connectivity index (χ3n) is 6.77. The van der Waals surface area contributed by atoms with Crippen LogP contribution >= 0.6 is 0 Å². The summed E-state index contributed by atoms with van der Waals surface area (Å²) in [7, 11) is 0. The van der Waals surface area contributed by atoms with Crippen molar-refractivity contribution in [2.75, 3.05) is 13.1 Å². The van der Waals surface area contributed by atoms with Crippen molar-refractivity contribution < 1.29 is 5.11 Å². The molecule has 0 radical (unpaired) electrons. The van der Waals surface area contributed by atoms with Crippen LogP contribution in [-0.2, 0) is 18.6 Å². The van der Waals surface area contributed by atoms with Gasteiger partial charge in [-0.05, 0) is 61.9 Å². The van der Waals surface area contributed by atoms with Crippen LogP contribution in [0.25, 0.3) is 0 Å². The van der Waals surface area contributed by atoms with Gasteiger partial charge in [0.1, 0.15) is 0 Å². The molecule has 1 saturated heterocycles. The molecule has 1 aliphatic heterocycles. The minimum absolute atomic E-state index is 0.102. The Morgan fingerprint density at radius 3 is 2.42 bits per heavy atom. The normalized spacial score (nSPS) is 26.0. The molecule has 2 aliphatic rings. The predicted molar refractivity (Wildman–Crippen MR) is 107 cm³/mol. The van der Waals surface area contributed by atoms with Crippen molar-refractivity contribution >= 4 is 0 Å². The third kappa shape index (κ3) is 2.90. The molecule has 1 atom stereocenters. The lowest BCUT2D eigenvalue weighted by atomic mass is 9.65. The third-order valence-corrected chi connectivity index (χ3v) is 6.77. The Bertz CT molecular complexity index is 774. The Hall–Kier alpha value is -1.64. The van der Waals surface area contributed by atoms with Gasteiger partial charge in [0.2, 0.25) is 0 Å². The zero-order valence-corrected chi connectivity index (χ0v) is 16.3. The second kappa shape index (κ2) is 6.51. The SMILES string of the molecule is Cc1ccc2c(c1)C(O)(C1CCN(Cc3ccccc3)CC1)C(C)(C)C2. The maximum Gasteiger partial charge on any atom is 0.0981 e. The Kier molecular flexibility index (Phi) is 4.45. The van der Waals surface area contributed by atoms with Crippen LogP contribution in [0.5, 0.6) is 0 Å². The van der Waals surface area contributed by atoms with E-state index in [1.807, 2.05) is 0 Å². The van der Waals surface area contributed by atoms with E-state index in [0.29, 0.717) is 5.92 Å². The van der Waals surface area contributed by atoms with E-state index < -0.39 is 5.60 Å². The Balaban J connectivity index is 1.52. The summed E-state index contributed by atoms with van der Waals surface area (Å²) in [5, 5.41) is 12.0. The van der Waals surface area contributed by atoms with Gasteiger partial charge in [0.05, 0.1) is 5.60 Å². The standard InChI is InChI=1S/C24H31NO/c1-18-9-10-20-16-23(2,3)24(26,22(20)15-18)21-11-13-25(14-12-21)17-19-7-5-4-6-8-19/h4-10,15,21,26H,11-14,16-17H2,1-3H3. The molecule has 4 rings (SSSR count). The molecule has 0 saturated carbocycles. The lowest BCUT2D eigenvalue weighted by Gasteiger charge is -2.47. The maximum atomic E-state index is 12.0. The Morgan fingerprint density at radius 2 is 1.73 bits per heavy atom. The number of benzene rings is 2. The van der Waals surface area contributed by atoms with Gasteiger partial charge in [-0.15, -0.1) is 0 Å². The average Bonchev–Trinajstić information content (AvgIpc) is 2.83. The zero-order valence-electron chi connectivity index (χ0n) is 16.3. The fourth-order valence-corrected chi connectivity index (χ4v) is 5.30. The highest BCUT2D eigenvalue weighted by molar-refractivity contribution is 5.43. The van der Waals surface area contributed by atoms with Crippen LogP contribution in [-0.4, -0.2) is 23.1 Å². The molecule has 0 aromatic heterocycles. The molecule has 1 fully saturated rings. The van der Waals surface area contributed by atoms with E-state index in [0.717, 1.165) is 38.9 Å². The van der Waals surface area contributed by atoms with E-state index in [-0.39, 0.29) is 5.41 Å². The maximum absolute atomic E-state index is 12.0. The molecule has 0 bridgehead atoms. The molecular formula is C24H31NO. The van der Waals surface area contributed by atoms with Crippen LogP contribution in [0.2, 0.25) is 0 Å². The van der Waals surface area contributed by atoms with Crippen LogP contribution in [0.15, 0.2) is 48.5 Å². The van der Waals surface area contributed by atoms with Gasteiger partial charge >= 0.3 is 0 Å². The summed E-state index contributed by atoms with van der Waals surface area (Å²) in [5.74, 6) is 0.340. The van der Waals surface area contributed by atoms with E-state index in [2.05, 4.69) is 74.2 Å². The number of aliphatic hydroxyl groups is 1. The first kappa shape index (κ1) is 17.8. The molecule has 2 heteroatoms. The predicted octanol–water partition coefficient (Wildman–Crippen LogP) is 4.68. The number of hydrogen-bond donors (Lipinski definition) is 1. The van der Waals surface area contributed by atoms with Gasteiger partial charge in [-0.3, -0.25) is 4.90 Å². The molecule has 1 aliphatic carbocycles. The zero-order chi connectivity index (χ0) is 18.4. The van der Waals surface area contributed by atoms with Gasteiger partial charge in [0.15, 0.2) is 0 Å². The van der Waals surface area contributed by atoms with Gasteiger partial charge in [0, 0.05) is 12.0 Å². The smallest absolute Gasteiger partial charge is 0.0981 e. The molecule has 26 heavy (non-hydrogen) atoms. The highest BCUT2D eigenvalue weighted by Gasteiger charge is 2.55. The summed E-state index contributed by atoms with van der Waals surface area (Å²) >= 11 is 0. The Morgan fingerprint density at radius 1 is 1.04 bits per heavy atom. The van der Waals surface area contributed by atoms with Gasteiger partial charge in [-0.25, -0.2) is 0 Å². The lowest BCUT2D eigenvalue weighted by Crippen LogP contribution is -2.49. The molecule has 2 aromatic carbocycles. The molecule has 0 spiro atoms. The molecule has 1 N–H and O–H groups in total. The number of hydrogen-bond acceptors (Lipinski definition) is 2. The minimum Gasteiger partial charge on any atom is -0.384 e. The van der Waals surface area contributed by atoms with Crippen molar-refractivity contribution in [2.45, 2.75) is 52.2 Å². The monoisotopic (exact) mass is 349 g/mol. The van der Waals surface area contributed by atoms with Crippen molar-refractivity contribution in [1.82, 2.24) is 4.90 Å². The number of piperidine rings is 1. The van der Waals surface area contributed by atoms with Crippen molar-refractivity contribution in [2.24, 2.45) is 11.3 Å². The fourth-order valence-electron chi connectivity index (χ4n) is 5.30. The summed E-state index contributed by atoms with van der Waals surface area (Å²) in [6.07, 6.45) is 3.11. The highest BCUT2D eigenvalue weighted by atomic mass is 16.3. The van der Waals surface area contributed by atoms with Crippen LogP contribution in [0.1, 0.15) is 48.9 Å². The van der Waals surface area contributed by atoms with Crippen molar-refractivity contribution in [1.29, 1.82) is 0 Å². The Labute approximate surface area is 157 Å². The summed E-state index contributed by atoms with van der Waals surface area (Å²) < 4.78 is 0. The van der Waals surface area contributed by atoms with Gasteiger partial charge < -0.3 is 5.11 Å². The van der Waals surface area contributed by atoms with Crippen LogP contribution in [0.3, 0.4) is 0 Å². The highest BCUT2D eigenvalue weighted by Crippen LogP contribution is 2.56. The summed E-state index contributed by atoms with van der Waals surface area (Å²) in [5.41, 5.74) is 4.37. The van der Waals surface area contributed by atoms with Crippen LogP contribution < -0.4 is 0 Å². The lowest BCUT2D eigenvalue weighted by molar-refractivity contribution is -0.123. The van der Waals surface area contributed by atoms with E-state index in [9.17, 15) is 5.11 Å². The van der Waals surface area contributed by atoms with Crippen LogP contribution in [0.4, 0.5) is 0 Å². The van der Waals surface area contributed by atoms with Crippen LogP contribution in [0, 0.1) is 18.3 Å². The fraction of sp³-hybridized carbons (Fsp3) is 0.500. The second-order valence-corrected chi connectivity index (χ2v) is 9.02. The first-order valence-electron chi connectivity index (χ1n) is 9.99. The molecule has 2 aromatic rings. The van der Waals surface area contributed by atoms with E-state index in [1.54, 1.807) is 0 Å². The van der Waals surface area contributed by atoms with Gasteiger partial charge in [-0.1, -0.05) is 67.9 Å². The number of rotatable bonds is 3. The van der Waals surface area contributed by atoms with Crippen molar-refractivity contribution in [3.05, 3.63) is 70.8 Å². The molecule has 138 valence electrons. The summed E-state index contributed by atoms with van der Waals surface area (Å²) in [6, 6.07) is 17.4. The van der Waals surface area contributed by atoms with Gasteiger partial charge in [-0.2, -0.15) is 0 Å². The quantitative estimate of drug-likeness (QED) is 0.870. The number of fused-ring (bicyclic) bond motifs is 1. The largest absolute Gasteiger partial charge is 0.384 e. The number of likely N-dealkylation sites (tertiary alicyclic amines) is 1. The topological polar surface area (TPSA) is 23.5 Å². The average molecular weight is 350 g/mol. The molecule has 1 heterocycles. The second-order valence-electron chi connectivity index (χ2n) is 9.02. The van der Waals surface area contributed by atoms with Crippen molar-refractivity contribution in [3.8, 4) is 0 Å². The number of aryl methyl sites for hydroxylation is 1. The minimum atomic E-state index is -0.701. The van der Waals surface area contributed by atoms with E-state index >= 15 is 0 Å².